The van der Waals surface area contributed by atoms with E-state index in [0.717, 1.165) is 25.1 Å². The number of halogens is 3. The van der Waals surface area contributed by atoms with Gasteiger partial charge in [0, 0.05) is 12.1 Å². The minimum absolute atomic E-state index is 0.234. The first-order valence-electron chi connectivity index (χ1n) is 5.91. The molecule has 0 aromatic heterocycles. The molecule has 1 aromatic rings. The Morgan fingerprint density at radius 3 is 2.26 bits per heavy atom. The van der Waals surface area contributed by atoms with Gasteiger partial charge in [0.05, 0.1) is 5.56 Å². The van der Waals surface area contributed by atoms with Crippen LogP contribution >= 0.6 is 0 Å². The van der Waals surface area contributed by atoms with E-state index in [1.54, 1.807) is 0 Å². The average molecular weight is 274 g/mol. The van der Waals surface area contributed by atoms with Crippen LogP contribution in [0.1, 0.15) is 22.3 Å². The number of nitrogens with one attached hydrogen (secondary N) is 1. The molecule has 0 radical (unpaired) electrons. The van der Waals surface area contributed by atoms with E-state index in [2.05, 4.69) is 5.32 Å². The Labute approximate surface area is 110 Å². The molecule has 0 saturated heterocycles. The van der Waals surface area contributed by atoms with Crippen molar-refractivity contribution in [1.82, 2.24) is 10.2 Å². The highest BCUT2D eigenvalue weighted by Crippen LogP contribution is 2.28. The van der Waals surface area contributed by atoms with Gasteiger partial charge in [0.2, 0.25) is 0 Å². The summed E-state index contributed by atoms with van der Waals surface area (Å²) in [5, 5.41) is 2.67. The number of alkyl halides is 3. The molecule has 106 valence electrons. The van der Waals surface area contributed by atoms with Gasteiger partial charge in [0.25, 0.3) is 5.91 Å². The minimum Gasteiger partial charge on any atom is -0.352 e. The van der Waals surface area contributed by atoms with E-state index in [-0.39, 0.29) is 11.5 Å². The van der Waals surface area contributed by atoms with E-state index in [0.29, 0.717) is 6.54 Å². The second kappa shape index (κ2) is 6.56. The van der Waals surface area contributed by atoms with Crippen LogP contribution in [0.4, 0.5) is 13.2 Å². The third-order valence-electron chi connectivity index (χ3n) is 2.54. The van der Waals surface area contributed by atoms with E-state index in [1.807, 2.05) is 19.0 Å². The van der Waals surface area contributed by atoms with Gasteiger partial charge in [-0.1, -0.05) is 0 Å². The largest absolute Gasteiger partial charge is 0.416 e. The molecule has 1 amide bonds. The zero-order chi connectivity index (χ0) is 14.5. The summed E-state index contributed by atoms with van der Waals surface area (Å²) in [6.45, 7) is 1.34. The number of carbonyl (C=O) groups excluding carboxylic acids is 1. The summed E-state index contributed by atoms with van der Waals surface area (Å²) >= 11 is 0. The second-order valence-electron chi connectivity index (χ2n) is 4.49. The number of carbonyl (C=O) groups is 1. The lowest BCUT2D eigenvalue weighted by atomic mass is 10.1. The molecule has 0 fully saturated rings. The van der Waals surface area contributed by atoms with Gasteiger partial charge in [-0.05, 0) is 51.3 Å². The average Bonchev–Trinajstić information content (AvgIpc) is 2.33. The lowest BCUT2D eigenvalue weighted by Crippen LogP contribution is -2.27. The van der Waals surface area contributed by atoms with Crippen molar-refractivity contribution >= 4 is 5.91 Å². The predicted molar refractivity (Wildman–Crippen MR) is 66.9 cm³/mol. The Kier molecular flexibility index (Phi) is 5.35. The molecule has 1 N–H and O–H groups in total. The van der Waals surface area contributed by atoms with Crippen molar-refractivity contribution in [3.05, 3.63) is 35.4 Å². The lowest BCUT2D eigenvalue weighted by Gasteiger charge is -2.10. The molecular weight excluding hydrogens is 257 g/mol. The number of benzene rings is 1. The van der Waals surface area contributed by atoms with Crippen molar-refractivity contribution in [2.75, 3.05) is 27.2 Å². The third kappa shape index (κ3) is 5.30. The Balaban J connectivity index is 2.49. The molecule has 0 bridgehead atoms. The van der Waals surface area contributed by atoms with E-state index in [1.165, 1.54) is 12.1 Å². The lowest BCUT2D eigenvalue weighted by molar-refractivity contribution is -0.137. The molecule has 0 spiro atoms. The predicted octanol–water partition coefficient (Wildman–Crippen LogP) is 2.39. The van der Waals surface area contributed by atoms with Crippen LogP contribution < -0.4 is 5.32 Å². The quantitative estimate of drug-likeness (QED) is 0.836. The van der Waals surface area contributed by atoms with Crippen molar-refractivity contribution in [2.45, 2.75) is 12.6 Å². The Morgan fingerprint density at radius 2 is 1.79 bits per heavy atom. The van der Waals surface area contributed by atoms with Gasteiger partial charge in [-0.25, -0.2) is 0 Å². The first kappa shape index (κ1) is 15.5. The first-order chi connectivity index (χ1) is 8.80. The number of hydrogen-bond acceptors (Lipinski definition) is 2. The normalized spacial score (nSPS) is 11.7. The van der Waals surface area contributed by atoms with Gasteiger partial charge in [0.1, 0.15) is 0 Å². The number of rotatable bonds is 5. The number of nitrogens with zero attached hydrogens (tertiary/aromatic N) is 1. The standard InChI is InChI=1S/C13H17F3N2O/c1-18(2)9-3-8-17-12(19)10-4-6-11(7-5-10)13(14,15)16/h4-7H,3,8-9H2,1-2H3,(H,17,19). The van der Waals surface area contributed by atoms with E-state index >= 15 is 0 Å². The third-order valence-corrected chi connectivity index (χ3v) is 2.54. The fourth-order valence-electron chi connectivity index (χ4n) is 1.51. The van der Waals surface area contributed by atoms with E-state index in [4.69, 9.17) is 0 Å². The number of hydrogen-bond donors (Lipinski definition) is 1. The van der Waals surface area contributed by atoms with E-state index in [9.17, 15) is 18.0 Å². The monoisotopic (exact) mass is 274 g/mol. The zero-order valence-corrected chi connectivity index (χ0v) is 10.9. The van der Waals surface area contributed by atoms with Gasteiger partial charge in [-0.2, -0.15) is 13.2 Å². The maximum absolute atomic E-state index is 12.3. The van der Waals surface area contributed by atoms with Crippen LogP contribution in [0.2, 0.25) is 0 Å². The first-order valence-corrected chi connectivity index (χ1v) is 5.91. The SMILES string of the molecule is CN(C)CCCNC(=O)c1ccc(C(F)(F)F)cc1. The van der Waals surface area contributed by atoms with Crippen LogP contribution in [-0.2, 0) is 6.18 Å². The maximum atomic E-state index is 12.3. The number of amides is 1. The summed E-state index contributed by atoms with van der Waals surface area (Å²) in [7, 11) is 3.86. The molecule has 0 heterocycles. The molecule has 0 atom stereocenters. The molecule has 0 aliphatic carbocycles. The van der Waals surface area contributed by atoms with Gasteiger partial charge in [0.15, 0.2) is 0 Å². The summed E-state index contributed by atoms with van der Waals surface area (Å²) in [5.74, 6) is -0.354. The maximum Gasteiger partial charge on any atom is 0.416 e. The van der Waals surface area contributed by atoms with Crippen molar-refractivity contribution in [3.8, 4) is 0 Å². The highest BCUT2D eigenvalue weighted by molar-refractivity contribution is 5.94. The van der Waals surface area contributed by atoms with Gasteiger partial charge < -0.3 is 10.2 Å². The highest BCUT2D eigenvalue weighted by Gasteiger charge is 2.30. The molecule has 1 rings (SSSR count). The second-order valence-corrected chi connectivity index (χ2v) is 4.49. The Bertz CT molecular complexity index is 413. The summed E-state index contributed by atoms with van der Waals surface area (Å²) in [4.78, 5) is 13.6. The van der Waals surface area contributed by atoms with E-state index < -0.39 is 11.7 Å². The minimum atomic E-state index is -4.37. The highest BCUT2D eigenvalue weighted by atomic mass is 19.4. The Hall–Kier alpha value is -1.56. The van der Waals surface area contributed by atoms with Crippen LogP contribution in [0.5, 0.6) is 0 Å². The molecule has 0 aliphatic heterocycles. The summed E-state index contributed by atoms with van der Waals surface area (Å²) in [6.07, 6.45) is -3.58. The van der Waals surface area contributed by atoms with Crippen molar-refractivity contribution in [1.29, 1.82) is 0 Å². The van der Waals surface area contributed by atoms with Crippen LogP contribution in [0, 0.1) is 0 Å². The summed E-state index contributed by atoms with van der Waals surface area (Å²) < 4.78 is 37.0. The molecular formula is C13H17F3N2O. The molecule has 0 aliphatic rings. The zero-order valence-electron chi connectivity index (χ0n) is 10.9. The fraction of sp³-hybridized carbons (Fsp3) is 0.462. The molecule has 3 nitrogen and oxygen atoms in total. The van der Waals surface area contributed by atoms with Crippen molar-refractivity contribution in [2.24, 2.45) is 0 Å². The topological polar surface area (TPSA) is 32.3 Å². The molecule has 19 heavy (non-hydrogen) atoms. The van der Waals surface area contributed by atoms with Crippen LogP contribution in [0.15, 0.2) is 24.3 Å². The van der Waals surface area contributed by atoms with Crippen LogP contribution in [0.25, 0.3) is 0 Å². The Morgan fingerprint density at radius 1 is 1.21 bits per heavy atom. The molecule has 0 unspecified atom stereocenters. The smallest absolute Gasteiger partial charge is 0.352 e. The van der Waals surface area contributed by atoms with Crippen molar-refractivity contribution < 1.29 is 18.0 Å². The van der Waals surface area contributed by atoms with Crippen molar-refractivity contribution in [3.63, 3.8) is 0 Å². The van der Waals surface area contributed by atoms with Gasteiger partial charge >= 0.3 is 6.18 Å². The summed E-state index contributed by atoms with van der Waals surface area (Å²) in [5.41, 5.74) is -0.519. The summed E-state index contributed by atoms with van der Waals surface area (Å²) in [6, 6.07) is 4.19. The van der Waals surface area contributed by atoms with Gasteiger partial charge in [-0.3, -0.25) is 4.79 Å². The molecule has 6 heteroatoms. The molecule has 1 aromatic carbocycles. The fourth-order valence-corrected chi connectivity index (χ4v) is 1.51. The van der Waals surface area contributed by atoms with Gasteiger partial charge in [-0.15, -0.1) is 0 Å². The van der Waals surface area contributed by atoms with Crippen LogP contribution in [-0.4, -0.2) is 38.0 Å². The van der Waals surface area contributed by atoms with Crippen LogP contribution in [0.3, 0.4) is 0 Å². The molecule has 0 saturated carbocycles.